The Morgan fingerprint density at radius 3 is 2.66 bits per heavy atom. The van der Waals surface area contributed by atoms with E-state index < -0.39 is 0 Å². The molecule has 3 aromatic carbocycles. The summed E-state index contributed by atoms with van der Waals surface area (Å²) < 4.78 is 5.89. The highest BCUT2D eigenvalue weighted by molar-refractivity contribution is 7.80. The molecular weight excluding hydrogens is 380 g/mol. The minimum atomic E-state index is 0.373. The largest absolute Gasteiger partial charge is 0.486 e. The van der Waals surface area contributed by atoms with Crippen molar-refractivity contribution in [3.05, 3.63) is 90.3 Å². The van der Waals surface area contributed by atoms with Crippen LogP contribution in [0.5, 0.6) is 5.75 Å². The van der Waals surface area contributed by atoms with Crippen LogP contribution in [0.15, 0.2) is 78.9 Å². The van der Waals surface area contributed by atoms with Crippen molar-refractivity contribution >= 4 is 34.1 Å². The molecule has 0 atom stereocenters. The lowest BCUT2D eigenvalue weighted by atomic mass is 10.1. The third kappa shape index (κ3) is 5.33. The number of H-pyrrole nitrogens is 1. The van der Waals surface area contributed by atoms with Gasteiger partial charge in [0.05, 0.1) is 11.0 Å². The standard InChI is InChI=1S/C23H22N4OS/c29-23(24-14-13-17-7-2-1-3-8-17)25-18-9-6-10-19(15-18)28-16-22-26-20-11-4-5-12-21(20)27-22/h1-12,15H,13-14,16H2,(H,26,27)(H2,24,25,29). The van der Waals surface area contributed by atoms with Gasteiger partial charge in [-0.25, -0.2) is 4.98 Å². The van der Waals surface area contributed by atoms with Gasteiger partial charge in [-0.2, -0.15) is 0 Å². The molecule has 0 amide bonds. The fourth-order valence-corrected chi connectivity index (χ4v) is 3.25. The fourth-order valence-electron chi connectivity index (χ4n) is 3.03. The SMILES string of the molecule is S=C(NCCc1ccccc1)Nc1cccc(OCc2nc3ccccc3[nH]2)c1. The van der Waals surface area contributed by atoms with E-state index >= 15 is 0 Å². The monoisotopic (exact) mass is 402 g/mol. The molecule has 0 unspecified atom stereocenters. The Labute approximate surface area is 175 Å². The maximum atomic E-state index is 5.89. The molecule has 1 heterocycles. The molecule has 0 aliphatic rings. The molecule has 0 aliphatic heterocycles. The van der Waals surface area contributed by atoms with Gasteiger partial charge in [0.1, 0.15) is 18.2 Å². The Bertz CT molecular complexity index is 1060. The van der Waals surface area contributed by atoms with Gasteiger partial charge >= 0.3 is 0 Å². The zero-order chi connectivity index (χ0) is 19.9. The number of nitrogens with one attached hydrogen (secondary N) is 3. The second-order valence-electron chi connectivity index (χ2n) is 6.63. The van der Waals surface area contributed by atoms with Crippen molar-refractivity contribution in [3.63, 3.8) is 0 Å². The first-order chi connectivity index (χ1) is 14.3. The number of rotatable bonds is 7. The summed E-state index contributed by atoms with van der Waals surface area (Å²) in [6.45, 7) is 1.15. The van der Waals surface area contributed by atoms with Crippen LogP contribution >= 0.6 is 12.2 Å². The van der Waals surface area contributed by atoms with Crippen molar-refractivity contribution in [2.75, 3.05) is 11.9 Å². The second kappa shape index (κ2) is 9.21. The maximum absolute atomic E-state index is 5.89. The number of nitrogens with zero attached hydrogens (tertiary/aromatic N) is 1. The van der Waals surface area contributed by atoms with Gasteiger partial charge < -0.3 is 20.4 Å². The summed E-state index contributed by atoms with van der Waals surface area (Å²) in [5.41, 5.74) is 4.11. The van der Waals surface area contributed by atoms with E-state index in [4.69, 9.17) is 17.0 Å². The summed E-state index contributed by atoms with van der Waals surface area (Å²) in [4.78, 5) is 7.80. The summed E-state index contributed by atoms with van der Waals surface area (Å²) in [6.07, 6.45) is 0.920. The quantitative estimate of drug-likeness (QED) is 0.392. The lowest BCUT2D eigenvalue weighted by Crippen LogP contribution is -2.30. The van der Waals surface area contributed by atoms with Gasteiger partial charge in [-0.05, 0) is 48.5 Å². The lowest BCUT2D eigenvalue weighted by molar-refractivity contribution is 0.297. The number of thiocarbonyl (C=S) groups is 1. The maximum Gasteiger partial charge on any atom is 0.170 e. The minimum Gasteiger partial charge on any atom is -0.486 e. The van der Waals surface area contributed by atoms with Gasteiger partial charge in [0.2, 0.25) is 0 Å². The van der Waals surface area contributed by atoms with Crippen molar-refractivity contribution in [2.45, 2.75) is 13.0 Å². The zero-order valence-electron chi connectivity index (χ0n) is 15.9. The van der Waals surface area contributed by atoms with Crippen LogP contribution in [-0.2, 0) is 13.0 Å². The van der Waals surface area contributed by atoms with Crippen molar-refractivity contribution in [2.24, 2.45) is 0 Å². The molecule has 0 spiro atoms. The molecular formula is C23H22N4OS. The normalized spacial score (nSPS) is 10.6. The van der Waals surface area contributed by atoms with Crippen molar-refractivity contribution < 1.29 is 4.74 Å². The van der Waals surface area contributed by atoms with Crippen LogP contribution in [0.25, 0.3) is 11.0 Å². The van der Waals surface area contributed by atoms with Crippen LogP contribution in [0.2, 0.25) is 0 Å². The van der Waals surface area contributed by atoms with Crippen molar-refractivity contribution in [3.8, 4) is 5.75 Å². The third-order valence-corrected chi connectivity index (χ3v) is 4.69. The molecule has 0 saturated carbocycles. The van der Waals surface area contributed by atoms with Gasteiger partial charge in [0, 0.05) is 18.3 Å². The first-order valence-corrected chi connectivity index (χ1v) is 9.92. The Kier molecular flexibility index (Phi) is 6.02. The number of aromatic nitrogens is 2. The van der Waals surface area contributed by atoms with E-state index in [1.54, 1.807) is 0 Å². The fraction of sp³-hybridized carbons (Fsp3) is 0.130. The van der Waals surface area contributed by atoms with E-state index in [2.05, 4.69) is 32.7 Å². The van der Waals surface area contributed by atoms with Crippen LogP contribution in [0.4, 0.5) is 5.69 Å². The van der Waals surface area contributed by atoms with Gasteiger partial charge in [-0.3, -0.25) is 0 Å². The van der Waals surface area contributed by atoms with Crippen LogP contribution in [0.1, 0.15) is 11.4 Å². The van der Waals surface area contributed by atoms with E-state index in [9.17, 15) is 0 Å². The first kappa shape index (κ1) is 19.0. The zero-order valence-corrected chi connectivity index (χ0v) is 16.7. The average Bonchev–Trinajstić information content (AvgIpc) is 3.16. The summed E-state index contributed by atoms with van der Waals surface area (Å²) in [5, 5.41) is 7.03. The molecule has 0 saturated heterocycles. The molecule has 6 heteroatoms. The predicted octanol–water partition coefficient (Wildman–Crippen LogP) is 4.67. The molecule has 146 valence electrons. The molecule has 4 rings (SSSR count). The van der Waals surface area contributed by atoms with Gasteiger partial charge in [-0.1, -0.05) is 48.5 Å². The van der Waals surface area contributed by atoms with Gasteiger partial charge in [0.15, 0.2) is 5.11 Å². The summed E-state index contributed by atoms with van der Waals surface area (Å²) >= 11 is 5.39. The molecule has 0 radical (unpaired) electrons. The molecule has 0 aliphatic carbocycles. The second-order valence-corrected chi connectivity index (χ2v) is 7.04. The highest BCUT2D eigenvalue weighted by atomic mass is 32.1. The van der Waals surface area contributed by atoms with Crippen LogP contribution in [-0.4, -0.2) is 21.6 Å². The minimum absolute atomic E-state index is 0.373. The topological polar surface area (TPSA) is 62.0 Å². The summed E-state index contributed by atoms with van der Waals surface area (Å²) in [6, 6.07) is 26.0. The van der Waals surface area contributed by atoms with E-state index in [-0.39, 0.29) is 0 Å². The highest BCUT2D eigenvalue weighted by Gasteiger charge is 2.04. The smallest absolute Gasteiger partial charge is 0.170 e. The first-order valence-electron chi connectivity index (χ1n) is 9.51. The van der Waals surface area contributed by atoms with E-state index in [1.807, 2.05) is 66.7 Å². The van der Waals surface area contributed by atoms with Gasteiger partial charge in [-0.15, -0.1) is 0 Å². The Morgan fingerprint density at radius 2 is 1.79 bits per heavy atom. The van der Waals surface area contributed by atoms with Crippen LogP contribution in [0.3, 0.4) is 0 Å². The number of aromatic amines is 1. The number of imidazole rings is 1. The van der Waals surface area contributed by atoms with Gasteiger partial charge in [0.25, 0.3) is 0 Å². The summed E-state index contributed by atoms with van der Waals surface area (Å²) in [7, 11) is 0. The molecule has 5 nitrogen and oxygen atoms in total. The molecule has 1 aromatic heterocycles. The number of ether oxygens (including phenoxy) is 1. The Morgan fingerprint density at radius 1 is 0.966 bits per heavy atom. The number of hydrogen-bond acceptors (Lipinski definition) is 3. The number of para-hydroxylation sites is 2. The molecule has 3 N–H and O–H groups in total. The highest BCUT2D eigenvalue weighted by Crippen LogP contribution is 2.19. The number of hydrogen-bond donors (Lipinski definition) is 3. The van der Waals surface area contributed by atoms with E-state index in [1.165, 1.54) is 5.56 Å². The number of benzene rings is 3. The molecule has 4 aromatic rings. The Hall–Kier alpha value is -3.38. The number of anilines is 1. The van der Waals surface area contributed by atoms with Crippen molar-refractivity contribution in [1.29, 1.82) is 0 Å². The van der Waals surface area contributed by atoms with Crippen LogP contribution < -0.4 is 15.4 Å². The van der Waals surface area contributed by atoms with Crippen LogP contribution in [0, 0.1) is 0 Å². The van der Waals surface area contributed by atoms with E-state index in [0.29, 0.717) is 11.7 Å². The third-order valence-electron chi connectivity index (χ3n) is 4.45. The molecule has 0 fully saturated rings. The predicted molar refractivity (Wildman–Crippen MR) is 121 cm³/mol. The molecule has 29 heavy (non-hydrogen) atoms. The number of fused-ring (bicyclic) bond motifs is 1. The molecule has 0 bridgehead atoms. The summed E-state index contributed by atoms with van der Waals surface area (Å²) in [5.74, 6) is 1.55. The van der Waals surface area contributed by atoms with E-state index in [0.717, 1.165) is 41.3 Å². The Balaban J connectivity index is 1.28. The van der Waals surface area contributed by atoms with Crippen molar-refractivity contribution in [1.82, 2.24) is 15.3 Å². The average molecular weight is 403 g/mol. The lowest BCUT2D eigenvalue weighted by Gasteiger charge is -2.12.